The van der Waals surface area contributed by atoms with Crippen molar-refractivity contribution < 1.29 is 9.53 Å². The number of nitrogens with one attached hydrogen (secondary N) is 1. The Morgan fingerprint density at radius 2 is 2.08 bits per heavy atom. The van der Waals surface area contributed by atoms with Crippen molar-refractivity contribution in [1.29, 1.82) is 0 Å². The van der Waals surface area contributed by atoms with Gasteiger partial charge in [-0.25, -0.2) is 14.3 Å². The first-order chi connectivity index (χ1) is 12.3. The van der Waals surface area contributed by atoms with Crippen LogP contribution in [-0.4, -0.2) is 37.7 Å². The highest BCUT2D eigenvalue weighted by molar-refractivity contribution is 5.69. The van der Waals surface area contributed by atoms with Crippen LogP contribution in [0.2, 0.25) is 0 Å². The van der Waals surface area contributed by atoms with Gasteiger partial charge in [0, 0.05) is 18.2 Å². The second kappa shape index (κ2) is 6.14. The summed E-state index contributed by atoms with van der Waals surface area (Å²) in [5.74, 6) is 0. The Bertz CT molecular complexity index is 906. The molecule has 1 fully saturated rings. The molecule has 3 heterocycles. The van der Waals surface area contributed by atoms with Gasteiger partial charge in [-0.2, -0.15) is 0 Å². The van der Waals surface area contributed by atoms with Gasteiger partial charge in [0.2, 0.25) is 0 Å². The third-order valence-electron chi connectivity index (χ3n) is 5.14. The number of rotatable bonds is 1. The van der Waals surface area contributed by atoms with E-state index in [9.17, 15) is 9.59 Å². The van der Waals surface area contributed by atoms with Crippen LogP contribution in [0, 0.1) is 0 Å². The number of aromatic nitrogens is 3. The number of hydrogen-bond acceptors (Lipinski definition) is 4. The van der Waals surface area contributed by atoms with Gasteiger partial charge in [-0.1, -0.05) is 0 Å². The van der Waals surface area contributed by atoms with Crippen LogP contribution in [0.4, 0.5) is 4.79 Å². The Balaban J connectivity index is 1.69. The summed E-state index contributed by atoms with van der Waals surface area (Å²) in [6.45, 7) is 6.28. The van der Waals surface area contributed by atoms with Crippen LogP contribution in [0.3, 0.4) is 0 Å². The first kappa shape index (κ1) is 17.1. The summed E-state index contributed by atoms with van der Waals surface area (Å²) in [5, 5.41) is 3.20. The Morgan fingerprint density at radius 1 is 1.27 bits per heavy atom. The quantitative estimate of drug-likeness (QED) is 0.850. The average Bonchev–Trinajstić information content (AvgIpc) is 3.20. The maximum atomic E-state index is 12.7. The van der Waals surface area contributed by atoms with Crippen LogP contribution >= 0.6 is 0 Å². The molecule has 2 aromatic heterocycles. The van der Waals surface area contributed by atoms with Crippen LogP contribution in [0.1, 0.15) is 69.4 Å². The zero-order valence-corrected chi connectivity index (χ0v) is 15.7. The highest BCUT2D eigenvalue weighted by atomic mass is 16.6. The molecule has 4 rings (SSSR count). The lowest BCUT2D eigenvalue weighted by Gasteiger charge is -2.36. The number of carbonyl (C=O) groups is 1. The predicted octanol–water partition coefficient (Wildman–Crippen LogP) is 2.97. The summed E-state index contributed by atoms with van der Waals surface area (Å²) in [6, 6.07) is 1.79. The van der Waals surface area contributed by atoms with E-state index < -0.39 is 5.60 Å². The summed E-state index contributed by atoms with van der Waals surface area (Å²) in [4.78, 5) is 31.8. The van der Waals surface area contributed by atoms with E-state index in [4.69, 9.17) is 4.74 Å². The second-order valence-corrected chi connectivity index (χ2v) is 8.29. The van der Waals surface area contributed by atoms with Crippen molar-refractivity contribution in [2.24, 2.45) is 0 Å². The van der Waals surface area contributed by atoms with Gasteiger partial charge in [0.25, 0.3) is 5.56 Å². The van der Waals surface area contributed by atoms with Crippen LogP contribution < -0.4 is 5.56 Å². The number of hydrogen-bond donors (Lipinski definition) is 1. The van der Waals surface area contributed by atoms with Crippen molar-refractivity contribution in [2.45, 2.75) is 70.9 Å². The van der Waals surface area contributed by atoms with Gasteiger partial charge >= 0.3 is 6.09 Å². The molecular weight excluding hydrogens is 332 g/mol. The largest absolute Gasteiger partial charge is 0.444 e. The fourth-order valence-electron chi connectivity index (χ4n) is 3.98. The van der Waals surface area contributed by atoms with Crippen molar-refractivity contribution in [1.82, 2.24) is 19.5 Å². The lowest BCUT2D eigenvalue weighted by atomic mass is 10.00. The zero-order chi connectivity index (χ0) is 18.5. The average molecular weight is 358 g/mol. The number of ether oxygens (including phenoxy) is 1. The van der Waals surface area contributed by atoms with Gasteiger partial charge in [-0.15, -0.1) is 0 Å². The molecule has 1 atom stereocenters. The van der Waals surface area contributed by atoms with E-state index in [0.717, 1.165) is 55.5 Å². The smallest absolute Gasteiger partial charge is 0.410 e. The zero-order valence-electron chi connectivity index (χ0n) is 15.7. The number of aromatic amines is 1. The van der Waals surface area contributed by atoms with Gasteiger partial charge in [-0.05, 0) is 59.3 Å². The normalized spacial score (nSPS) is 20.4. The summed E-state index contributed by atoms with van der Waals surface area (Å²) in [6.07, 6.45) is 5.21. The number of carbonyl (C=O) groups excluding carboxylic acids is 1. The lowest BCUT2D eigenvalue weighted by Crippen LogP contribution is -2.42. The highest BCUT2D eigenvalue weighted by Gasteiger charge is 2.33. The minimum atomic E-state index is -0.529. The van der Waals surface area contributed by atoms with Gasteiger partial charge in [0.05, 0.1) is 17.4 Å². The van der Waals surface area contributed by atoms with Gasteiger partial charge < -0.3 is 4.74 Å². The van der Waals surface area contributed by atoms with Crippen molar-refractivity contribution in [3.8, 4) is 0 Å². The summed E-state index contributed by atoms with van der Waals surface area (Å²) >= 11 is 0. The number of fused-ring (bicyclic) bond motifs is 2. The molecule has 140 valence electrons. The number of amides is 1. The first-order valence-corrected chi connectivity index (χ1v) is 9.46. The van der Waals surface area contributed by atoms with E-state index >= 15 is 0 Å². The molecule has 7 nitrogen and oxygen atoms in total. The Morgan fingerprint density at radius 3 is 2.85 bits per heavy atom. The number of aryl methyl sites for hydroxylation is 1. The van der Waals surface area contributed by atoms with Crippen LogP contribution in [-0.2, 0) is 17.6 Å². The molecule has 26 heavy (non-hydrogen) atoms. The molecule has 0 aromatic carbocycles. The topological polar surface area (TPSA) is 79.7 Å². The maximum absolute atomic E-state index is 12.7. The molecule has 0 bridgehead atoms. The fraction of sp³-hybridized carbons (Fsp3) is 0.632. The molecule has 1 saturated heterocycles. The summed E-state index contributed by atoms with van der Waals surface area (Å²) in [7, 11) is 0. The van der Waals surface area contributed by atoms with Gasteiger partial charge in [0.1, 0.15) is 5.60 Å². The molecule has 2 aliphatic rings. The Labute approximate surface area is 152 Å². The molecule has 1 unspecified atom stereocenters. The minimum Gasteiger partial charge on any atom is -0.444 e. The maximum Gasteiger partial charge on any atom is 0.410 e. The standard InChI is InChI=1S/C19H26N4O3/c1-19(2,3)26-18(25)22-10-5-4-9-15(22)14-11-16-20-13-8-6-7-12(13)17(24)23(16)21-14/h11,15,21H,4-10H2,1-3H3. The lowest BCUT2D eigenvalue weighted by molar-refractivity contribution is 0.00897. The van der Waals surface area contributed by atoms with Crippen LogP contribution in [0.15, 0.2) is 10.9 Å². The van der Waals surface area contributed by atoms with E-state index in [-0.39, 0.29) is 17.7 Å². The number of H-pyrrole nitrogens is 1. The molecule has 2 aromatic rings. The van der Waals surface area contributed by atoms with E-state index in [1.165, 1.54) is 4.52 Å². The van der Waals surface area contributed by atoms with Gasteiger partial charge in [0.15, 0.2) is 5.65 Å². The van der Waals surface area contributed by atoms with E-state index in [1.807, 2.05) is 26.8 Å². The summed E-state index contributed by atoms with van der Waals surface area (Å²) in [5.41, 5.74) is 2.70. The van der Waals surface area contributed by atoms with Crippen molar-refractivity contribution in [3.05, 3.63) is 33.4 Å². The number of nitrogens with zero attached hydrogens (tertiary/aromatic N) is 3. The Kier molecular flexibility index (Phi) is 4.04. The first-order valence-electron chi connectivity index (χ1n) is 9.46. The van der Waals surface area contributed by atoms with Crippen molar-refractivity contribution in [2.75, 3.05) is 6.54 Å². The van der Waals surface area contributed by atoms with Gasteiger partial charge in [-0.3, -0.25) is 14.8 Å². The highest BCUT2D eigenvalue weighted by Crippen LogP contribution is 2.32. The van der Waals surface area contributed by atoms with Crippen LogP contribution in [0.5, 0.6) is 0 Å². The summed E-state index contributed by atoms with van der Waals surface area (Å²) < 4.78 is 7.11. The monoisotopic (exact) mass is 358 g/mol. The molecular formula is C19H26N4O3. The molecule has 7 heteroatoms. The van der Waals surface area contributed by atoms with E-state index in [0.29, 0.717) is 12.2 Å². The van der Waals surface area contributed by atoms with Crippen molar-refractivity contribution >= 4 is 11.7 Å². The molecule has 0 saturated carbocycles. The number of likely N-dealkylation sites (tertiary alicyclic amines) is 1. The molecule has 1 aliphatic heterocycles. The van der Waals surface area contributed by atoms with E-state index in [1.54, 1.807) is 4.90 Å². The third kappa shape index (κ3) is 2.99. The molecule has 1 N–H and O–H groups in total. The fourth-order valence-corrected chi connectivity index (χ4v) is 3.98. The van der Waals surface area contributed by atoms with Crippen LogP contribution in [0.25, 0.3) is 5.65 Å². The SMILES string of the molecule is CC(C)(C)OC(=O)N1CCCCC1c1cc2nc3c(c(=O)n2[nH]1)CCC3. The minimum absolute atomic E-state index is 0.00613. The molecule has 0 spiro atoms. The van der Waals surface area contributed by atoms with E-state index in [2.05, 4.69) is 10.1 Å². The number of piperidine rings is 1. The Hall–Kier alpha value is -2.31. The molecule has 0 radical (unpaired) electrons. The predicted molar refractivity (Wildman–Crippen MR) is 97.4 cm³/mol. The second-order valence-electron chi connectivity index (χ2n) is 8.29. The molecule has 1 amide bonds. The third-order valence-corrected chi connectivity index (χ3v) is 5.14. The van der Waals surface area contributed by atoms with Crippen molar-refractivity contribution in [3.63, 3.8) is 0 Å². The molecule has 1 aliphatic carbocycles.